The topological polar surface area (TPSA) is 35.5 Å². The molecule has 0 saturated heterocycles. The smallest absolute Gasteiger partial charge is 0.311 e. The van der Waals surface area contributed by atoms with E-state index in [1.54, 1.807) is 0 Å². The summed E-state index contributed by atoms with van der Waals surface area (Å²) >= 11 is 2.35. The Bertz CT molecular complexity index is 162. The lowest BCUT2D eigenvalue weighted by molar-refractivity contribution is -0.150. The first-order valence-corrected chi connectivity index (χ1v) is 7.09. The van der Waals surface area contributed by atoms with Crippen LogP contribution < -0.4 is 0 Å². The Balaban J connectivity index is 3.56. The summed E-state index contributed by atoms with van der Waals surface area (Å²) in [5, 5.41) is 0. The largest absolute Gasteiger partial charge is 0.466 e. The van der Waals surface area contributed by atoms with Crippen LogP contribution in [-0.4, -0.2) is 30.2 Å². The first kappa shape index (κ1) is 15.2. The molecule has 15 heavy (non-hydrogen) atoms. The van der Waals surface area contributed by atoms with E-state index in [9.17, 15) is 4.79 Å². The van der Waals surface area contributed by atoms with Gasteiger partial charge in [0, 0.05) is 6.61 Å². The summed E-state index contributed by atoms with van der Waals surface area (Å²) in [5.74, 6) is -0.224. The highest BCUT2D eigenvalue weighted by molar-refractivity contribution is 14.1. The fourth-order valence-corrected chi connectivity index (χ4v) is 1.68. The first-order valence-electron chi connectivity index (χ1n) is 5.56. The normalized spacial score (nSPS) is 12.5. The molecule has 0 aliphatic heterocycles. The van der Waals surface area contributed by atoms with Gasteiger partial charge in [0.15, 0.2) is 0 Å². The maximum atomic E-state index is 11.4. The van der Waals surface area contributed by atoms with Crippen LogP contribution >= 0.6 is 22.6 Å². The first-order chi connectivity index (χ1) is 7.26. The minimum atomic E-state index is -0.131. The van der Waals surface area contributed by atoms with Crippen LogP contribution in [0.1, 0.15) is 33.1 Å². The average Bonchev–Trinajstić information content (AvgIpc) is 2.23. The summed E-state index contributed by atoms with van der Waals surface area (Å²) < 4.78 is 11.6. The number of hydrogen-bond acceptors (Lipinski definition) is 3. The van der Waals surface area contributed by atoms with Crippen LogP contribution in [0.15, 0.2) is 0 Å². The zero-order chi connectivity index (χ0) is 11.5. The fraction of sp³-hybridized carbons (Fsp3) is 0.909. The Morgan fingerprint density at radius 2 is 2.07 bits per heavy atom. The third kappa shape index (κ3) is 8.02. The number of hydrogen-bond donors (Lipinski definition) is 0. The van der Waals surface area contributed by atoms with Crippen molar-refractivity contribution < 1.29 is 14.3 Å². The van der Waals surface area contributed by atoms with E-state index in [4.69, 9.17) is 9.47 Å². The van der Waals surface area contributed by atoms with Crippen molar-refractivity contribution in [3.05, 3.63) is 0 Å². The van der Waals surface area contributed by atoms with Crippen LogP contribution in [0, 0.1) is 5.92 Å². The van der Waals surface area contributed by atoms with Gasteiger partial charge in [-0.3, -0.25) is 4.79 Å². The van der Waals surface area contributed by atoms with Crippen molar-refractivity contribution in [2.75, 3.05) is 24.2 Å². The Hall–Kier alpha value is 0.160. The van der Waals surface area contributed by atoms with Crippen molar-refractivity contribution in [3.63, 3.8) is 0 Å². The minimum absolute atomic E-state index is 0.0930. The van der Waals surface area contributed by atoms with E-state index < -0.39 is 0 Å². The second-order valence-corrected chi connectivity index (χ2v) is 4.41. The molecule has 0 spiro atoms. The molecular formula is C11H21IO3. The summed E-state index contributed by atoms with van der Waals surface area (Å²) in [6, 6.07) is 0. The van der Waals surface area contributed by atoms with Crippen molar-refractivity contribution in [3.8, 4) is 0 Å². The number of carbonyl (C=O) groups is 1. The van der Waals surface area contributed by atoms with Crippen LogP contribution in [0.3, 0.4) is 0 Å². The van der Waals surface area contributed by atoms with Crippen molar-refractivity contribution >= 4 is 28.6 Å². The number of esters is 1. The van der Waals surface area contributed by atoms with Crippen LogP contribution in [0.25, 0.3) is 0 Å². The number of halogens is 1. The summed E-state index contributed by atoms with van der Waals surface area (Å²) in [6.45, 7) is 5.50. The molecule has 3 nitrogen and oxygen atoms in total. The molecule has 0 N–H and O–H groups in total. The van der Waals surface area contributed by atoms with E-state index in [0.717, 1.165) is 23.9 Å². The molecule has 0 amide bonds. The van der Waals surface area contributed by atoms with E-state index in [-0.39, 0.29) is 11.9 Å². The average molecular weight is 328 g/mol. The van der Waals surface area contributed by atoms with Crippen molar-refractivity contribution in [2.45, 2.75) is 33.1 Å². The van der Waals surface area contributed by atoms with Gasteiger partial charge in [0.1, 0.15) is 0 Å². The maximum absolute atomic E-state index is 11.4. The molecule has 0 rings (SSSR count). The molecule has 0 fully saturated rings. The van der Waals surface area contributed by atoms with Crippen LogP contribution in [0.4, 0.5) is 0 Å². The summed E-state index contributed by atoms with van der Waals surface area (Å²) in [7, 11) is 0. The molecule has 0 aromatic carbocycles. The fourth-order valence-electron chi connectivity index (χ4n) is 1.14. The quantitative estimate of drug-likeness (QED) is 0.283. The Morgan fingerprint density at radius 3 is 2.60 bits per heavy atom. The standard InChI is InChI=1S/C11H21IO3/c1-3-10(11(13)15-4-2)9-14-8-6-5-7-12/h10H,3-9H2,1-2H3. The molecule has 0 bridgehead atoms. The maximum Gasteiger partial charge on any atom is 0.311 e. The van der Waals surface area contributed by atoms with Crippen LogP contribution in [0.2, 0.25) is 0 Å². The molecule has 1 unspecified atom stereocenters. The monoisotopic (exact) mass is 328 g/mol. The molecule has 0 aliphatic carbocycles. The van der Waals surface area contributed by atoms with E-state index in [0.29, 0.717) is 13.2 Å². The molecule has 0 heterocycles. The molecule has 4 heteroatoms. The lowest BCUT2D eigenvalue weighted by Crippen LogP contribution is -2.22. The van der Waals surface area contributed by atoms with Gasteiger partial charge >= 0.3 is 5.97 Å². The highest BCUT2D eigenvalue weighted by atomic mass is 127. The van der Waals surface area contributed by atoms with Gasteiger partial charge in [0.05, 0.1) is 19.1 Å². The van der Waals surface area contributed by atoms with Gasteiger partial charge < -0.3 is 9.47 Å². The van der Waals surface area contributed by atoms with Crippen molar-refractivity contribution in [1.82, 2.24) is 0 Å². The predicted octanol–water partition coefficient (Wildman–Crippen LogP) is 2.81. The van der Waals surface area contributed by atoms with Gasteiger partial charge in [0.2, 0.25) is 0 Å². The van der Waals surface area contributed by atoms with Crippen LogP contribution in [-0.2, 0) is 14.3 Å². The van der Waals surface area contributed by atoms with Gasteiger partial charge in [-0.1, -0.05) is 29.5 Å². The molecule has 90 valence electrons. The molecule has 0 aliphatic rings. The Morgan fingerprint density at radius 1 is 1.33 bits per heavy atom. The molecule has 0 aromatic rings. The van der Waals surface area contributed by atoms with E-state index in [1.807, 2.05) is 13.8 Å². The highest BCUT2D eigenvalue weighted by Crippen LogP contribution is 2.06. The van der Waals surface area contributed by atoms with Gasteiger partial charge in [-0.2, -0.15) is 0 Å². The number of carbonyl (C=O) groups excluding carboxylic acids is 1. The zero-order valence-electron chi connectivity index (χ0n) is 9.63. The third-order valence-corrected chi connectivity index (χ3v) is 2.87. The zero-order valence-corrected chi connectivity index (χ0v) is 11.8. The van der Waals surface area contributed by atoms with Gasteiger partial charge in [-0.25, -0.2) is 0 Å². The molecule has 0 saturated carbocycles. The van der Waals surface area contributed by atoms with E-state index >= 15 is 0 Å². The van der Waals surface area contributed by atoms with E-state index in [1.165, 1.54) is 6.42 Å². The second-order valence-electron chi connectivity index (χ2n) is 3.33. The highest BCUT2D eigenvalue weighted by Gasteiger charge is 2.17. The third-order valence-electron chi connectivity index (χ3n) is 2.10. The molecule has 1 atom stereocenters. The number of rotatable bonds is 9. The number of ether oxygens (including phenoxy) is 2. The second kappa shape index (κ2) is 10.7. The molecule has 0 radical (unpaired) electrons. The Kier molecular flexibility index (Phi) is 10.8. The van der Waals surface area contributed by atoms with E-state index in [2.05, 4.69) is 22.6 Å². The summed E-state index contributed by atoms with van der Waals surface area (Å²) in [6.07, 6.45) is 3.03. The predicted molar refractivity (Wildman–Crippen MR) is 69.4 cm³/mol. The van der Waals surface area contributed by atoms with Gasteiger partial charge in [-0.05, 0) is 30.6 Å². The molecule has 0 aromatic heterocycles. The van der Waals surface area contributed by atoms with Crippen molar-refractivity contribution in [1.29, 1.82) is 0 Å². The SMILES string of the molecule is CCOC(=O)C(CC)COCCCCI. The van der Waals surface area contributed by atoms with Crippen molar-refractivity contribution in [2.24, 2.45) is 5.92 Å². The van der Waals surface area contributed by atoms with Gasteiger partial charge in [-0.15, -0.1) is 0 Å². The lowest BCUT2D eigenvalue weighted by atomic mass is 10.1. The summed E-state index contributed by atoms with van der Waals surface area (Å²) in [5.41, 5.74) is 0. The number of alkyl halides is 1. The van der Waals surface area contributed by atoms with Gasteiger partial charge in [0.25, 0.3) is 0 Å². The Labute approximate surface area is 106 Å². The minimum Gasteiger partial charge on any atom is -0.466 e. The summed E-state index contributed by atoms with van der Waals surface area (Å²) in [4.78, 5) is 11.4. The molecular weight excluding hydrogens is 307 g/mol. The number of unbranched alkanes of at least 4 members (excludes halogenated alkanes) is 1. The van der Waals surface area contributed by atoms with Crippen LogP contribution in [0.5, 0.6) is 0 Å². The lowest BCUT2D eigenvalue weighted by Gasteiger charge is -2.13.